The highest BCUT2D eigenvalue weighted by atomic mass is 32.2. The van der Waals surface area contributed by atoms with Crippen LogP contribution in [0.4, 0.5) is 0 Å². The van der Waals surface area contributed by atoms with Crippen LogP contribution in [0.15, 0.2) is 11.2 Å². The Kier molecular flexibility index (Phi) is 3.57. The van der Waals surface area contributed by atoms with E-state index in [2.05, 4.69) is 14.7 Å². The highest BCUT2D eigenvalue weighted by molar-refractivity contribution is 7.89. The second kappa shape index (κ2) is 5.10. The van der Waals surface area contributed by atoms with E-state index >= 15 is 0 Å². The fraction of sp³-hybridized carbons (Fsp3) is 0.750. The summed E-state index contributed by atoms with van der Waals surface area (Å²) in [5.74, 6) is 0.118. The zero-order chi connectivity index (χ0) is 14.2. The number of H-pyrrole nitrogens is 1. The zero-order valence-corrected chi connectivity index (χ0v) is 12.2. The normalized spacial score (nSPS) is 23.4. The molecule has 0 unspecified atom stereocenters. The molecule has 0 aromatic carbocycles. The molecule has 2 fully saturated rings. The van der Waals surface area contributed by atoms with Crippen molar-refractivity contribution in [3.8, 4) is 0 Å². The summed E-state index contributed by atoms with van der Waals surface area (Å²) in [6.07, 6.45) is 4.22. The minimum absolute atomic E-state index is 0.0815. The van der Waals surface area contributed by atoms with Gasteiger partial charge < -0.3 is 14.5 Å². The van der Waals surface area contributed by atoms with Crippen LogP contribution in [0.25, 0.3) is 0 Å². The number of sulfonamides is 1. The van der Waals surface area contributed by atoms with Crippen molar-refractivity contribution in [1.29, 1.82) is 0 Å². The maximum atomic E-state index is 12.2. The first-order valence-electron chi connectivity index (χ1n) is 6.81. The van der Waals surface area contributed by atoms with Crippen LogP contribution >= 0.6 is 0 Å². The minimum atomic E-state index is -3.52. The molecule has 20 heavy (non-hydrogen) atoms. The van der Waals surface area contributed by atoms with Gasteiger partial charge in [-0.15, -0.1) is 0 Å². The lowest BCUT2D eigenvalue weighted by Gasteiger charge is -2.35. The van der Waals surface area contributed by atoms with Crippen molar-refractivity contribution in [2.24, 2.45) is 0 Å². The number of nitrogens with one attached hydrogen (secondary N) is 2. The Balaban J connectivity index is 1.62. The smallest absolute Gasteiger partial charge is 0.257 e. The highest BCUT2D eigenvalue weighted by Crippen LogP contribution is 2.36. The molecule has 3 rings (SSSR count). The molecule has 2 N–H and O–H groups in total. The summed E-state index contributed by atoms with van der Waals surface area (Å²) in [5.41, 5.74) is 0. The van der Waals surface area contributed by atoms with E-state index in [9.17, 15) is 8.42 Å². The minimum Gasteiger partial charge on any atom is -0.348 e. The molecule has 1 aromatic rings. The molecule has 0 atom stereocenters. The van der Waals surface area contributed by atoms with Gasteiger partial charge in [-0.3, -0.25) is 0 Å². The van der Waals surface area contributed by atoms with Gasteiger partial charge in [-0.05, 0) is 19.8 Å². The van der Waals surface area contributed by atoms with Crippen LogP contribution < -0.4 is 4.72 Å². The van der Waals surface area contributed by atoms with Gasteiger partial charge in [0.2, 0.25) is 0 Å². The number of hydrogen-bond donors (Lipinski definition) is 2. The second-order valence-electron chi connectivity index (χ2n) is 5.34. The summed E-state index contributed by atoms with van der Waals surface area (Å²) in [6, 6.07) is -0.0815. The maximum Gasteiger partial charge on any atom is 0.257 e. The second-order valence-corrected chi connectivity index (χ2v) is 7.02. The molecule has 8 heteroatoms. The number of aromatic amines is 1. The van der Waals surface area contributed by atoms with Crippen LogP contribution in [0.1, 0.15) is 31.5 Å². The van der Waals surface area contributed by atoms with Crippen molar-refractivity contribution in [2.45, 2.75) is 49.5 Å². The average Bonchev–Trinajstić information content (AvgIpc) is 3.03. The first-order chi connectivity index (χ1) is 9.49. The molecule has 0 amide bonds. The third kappa shape index (κ3) is 2.73. The summed E-state index contributed by atoms with van der Waals surface area (Å²) in [5, 5.41) is 0.114. The van der Waals surface area contributed by atoms with Gasteiger partial charge >= 0.3 is 0 Å². The highest BCUT2D eigenvalue weighted by Gasteiger charge is 2.41. The molecular weight excluding hydrogens is 282 g/mol. The molecule has 1 aliphatic heterocycles. The lowest BCUT2D eigenvalue weighted by Crippen LogP contribution is -2.44. The predicted molar refractivity (Wildman–Crippen MR) is 70.5 cm³/mol. The zero-order valence-electron chi connectivity index (χ0n) is 11.4. The van der Waals surface area contributed by atoms with Crippen LogP contribution in [0.2, 0.25) is 0 Å². The fourth-order valence-electron chi connectivity index (χ4n) is 2.78. The van der Waals surface area contributed by atoms with E-state index in [1.54, 1.807) is 6.92 Å². The Bertz CT molecular complexity index is 567. The SMILES string of the molecule is Cc1ncc(S(=O)(=O)NC2CCC3(CC2)OCCO3)[nH]1. The van der Waals surface area contributed by atoms with Gasteiger partial charge in [-0.1, -0.05) is 0 Å². The Hall–Kier alpha value is -0.960. The van der Waals surface area contributed by atoms with Crippen LogP contribution in [-0.2, 0) is 19.5 Å². The van der Waals surface area contributed by atoms with Crippen LogP contribution in [0.5, 0.6) is 0 Å². The Morgan fingerprint density at radius 1 is 1.35 bits per heavy atom. The van der Waals surface area contributed by atoms with Crippen molar-refractivity contribution in [3.05, 3.63) is 12.0 Å². The van der Waals surface area contributed by atoms with Gasteiger partial charge in [0.1, 0.15) is 5.82 Å². The molecule has 1 aromatic heterocycles. The number of aromatic nitrogens is 2. The van der Waals surface area contributed by atoms with Crippen molar-refractivity contribution >= 4 is 10.0 Å². The quantitative estimate of drug-likeness (QED) is 0.856. The summed E-state index contributed by atoms with van der Waals surface area (Å²) in [7, 11) is -3.52. The summed E-state index contributed by atoms with van der Waals surface area (Å²) in [4.78, 5) is 6.66. The Morgan fingerprint density at radius 2 is 2.00 bits per heavy atom. The molecule has 1 saturated carbocycles. The number of hydrogen-bond acceptors (Lipinski definition) is 5. The first kappa shape index (κ1) is 14.0. The van der Waals surface area contributed by atoms with Gasteiger partial charge in [0, 0.05) is 18.9 Å². The molecule has 7 nitrogen and oxygen atoms in total. The monoisotopic (exact) mass is 301 g/mol. The fourth-order valence-corrected chi connectivity index (χ4v) is 4.05. The summed E-state index contributed by atoms with van der Waals surface area (Å²) in [6.45, 7) is 2.98. The van der Waals surface area contributed by atoms with Gasteiger partial charge in [-0.2, -0.15) is 0 Å². The molecule has 2 heterocycles. The van der Waals surface area contributed by atoms with E-state index in [1.165, 1.54) is 6.20 Å². The largest absolute Gasteiger partial charge is 0.348 e. The predicted octanol–water partition coefficient (Wildman–Crippen LogP) is 0.682. The van der Waals surface area contributed by atoms with Crippen LogP contribution in [-0.4, -0.2) is 43.4 Å². The number of rotatable bonds is 3. The van der Waals surface area contributed by atoms with Gasteiger partial charge in [-0.25, -0.2) is 18.1 Å². The average molecular weight is 301 g/mol. The molecule has 1 aliphatic carbocycles. The summed E-state index contributed by atoms with van der Waals surface area (Å²) >= 11 is 0. The van der Waals surface area contributed by atoms with Gasteiger partial charge in [0.15, 0.2) is 10.8 Å². The van der Waals surface area contributed by atoms with E-state index in [4.69, 9.17) is 9.47 Å². The molecule has 0 radical (unpaired) electrons. The number of ether oxygens (including phenoxy) is 2. The van der Waals surface area contributed by atoms with Crippen LogP contribution in [0, 0.1) is 6.92 Å². The third-order valence-electron chi connectivity index (χ3n) is 3.85. The van der Waals surface area contributed by atoms with Gasteiger partial charge in [0.05, 0.1) is 19.4 Å². The maximum absolute atomic E-state index is 12.2. The standard InChI is InChI=1S/C12H19N3O4S/c1-9-13-8-11(14-9)20(16,17)15-10-2-4-12(5-3-10)18-6-7-19-12/h8,10,15H,2-7H2,1H3,(H,13,14). The van der Waals surface area contributed by atoms with Crippen molar-refractivity contribution in [3.63, 3.8) is 0 Å². The lowest BCUT2D eigenvalue weighted by molar-refractivity contribution is -0.178. The number of nitrogens with zero attached hydrogens (tertiary/aromatic N) is 1. The van der Waals surface area contributed by atoms with E-state index in [1.807, 2.05) is 0 Å². The molecule has 1 spiro atoms. The van der Waals surface area contributed by atoms with E-state index < -0.39 is 15.8 Å². The van der Waals surface area contributed by atoms with Crippen LogP contribution in [0.3, 0.4) is 0 Å². The molecular formula is C12H19N3O4S. The molecule has 112 valence electrons. The van der Waals surface area contributed by atoms with E-state index in [0.717, 1.165) is 12.8 Å². The van der Waals surface area contributed by atoms with Crippen molar-refractivity contribution < 1.29 is 17.9 Å². The number of aryl methyl sites for hydroxylation is 1. The topological polar surface area (TPSA) is 93.3 Å². The third-order valence-corrected chi connectivity index (χ3v) is 5.28. The van der Waals surface area contributed by atoms with Crippen molar-refractivity contribution in [1.82, 2.24) is 14.7 Å². The van der Waals surface area contributed by atoms with E-state index in [0.29, 0.717) is 31.9 Å². The molecule has 0 bridgehead atoms. The van der Waals surface area contributed by atoms with E-state index in [-0.39, 0.29) is 11.1 Å². The Labute approximate surface area is 118 Å². The van der Waals surface area contributed by atoms with Crippen molar-refractivity contribution in [2.75, 3.05) is 13.2 Å². The molecule has 1 saturated heterocycles. The first-order valence-corrected chi connectivity index (χ1v) is 8.29. The lowest BCUT2D eigenvalue weighted by atomic mass is 9.91. The number of imidazole rings is 1. The summed E-state index contributed by atoms with van der Waals surface area (Å²) < 4.78 is 38.3. The molecule has 2 aliphatic rings. The Morgan fingerprint density at radius 3 is 2.55 bits per heavy atom. The van der Waals surface area contributed by atoms with Gasteiger partial charge in [0.25, 0.3) is 10.0 Å².